The average Bonchev–Trinajstić information content (AvgIpc) is 2.48. The van der Waals surface area contributed by atoms with E-state index in [9.17, 15) is 0 Å². The molecule has 0 fully saturated rings. The highest BCUT2D eigenvalue weighted by Gasteiger charge is 2.09. The van der Waals surface area contributed by atoms with Crippen molar-refractivity contribution in [1.29, 1.82) is 0 Å². The Kier molecular flexibility index (Phi) is 5.17. The Labute approximate surface area is 123 Å². The van der Waals surface area contributed by atoms with Gasteiger partial charge in [0.2, 0.25) is 0 Å². The van der Waals surface area contributed by atoms with E-state index in [1.807, 2.05) is 12.1 Å². The molecule has 0 saturated carbocycles. The van der Waals surface area contributed by atoms with Crippen LogP contribution in [0, 0.1) is 0 Å². The molecule has 0 spiro atoms. The van der Waals surface area contributed by atoms with Crippen molar-refractivity contribution in [1.82, 2.24) is 0 Å². The highest BCUT2D eigenvalue weighted by atomic mass is 35.5. The van der Waals surface area contributed by atoms with E-state index in [2.05, 4.69) is 42.7 Å². The number of ether oxygens (including phenoxy) is 1. The molecule has 3 heteroatoms. The van der Waals surface area contributed by atoms with Crippen LogP contribution in [0.4, 0.5) is 0 Å². The van der Waals surface area contributed by atoms with Gasteiger partial charge in [-0.15, -0.1) is 23.4 Å². The van der Waals surface area contributed by atoms with E-state index in [1.165, 1.54) is 10.5 Å². The van der Waals surface area contributed by atoms with Crippen LogP contribution in [-0.2, 0) is 6.42 Å². The fourth-order valence-corrected chi connectivity index (χ4v) is 2.63. The lowest BCUT2D eigenvalue weighted by atomic mass is 10.0. The molecular formula is C16H17ClOS. The van der Waals surface area contributed by atoms with Crippen molar-refractivity contribution in [2.24, 2.45) is 0 Å². The summed E-state index contributed by atoms with van der Waals surface area (Å²) in [4.78, 5) is 1.26. The second-order valence-corrected chi connectivity index (χ2v) is 5.70. The lowest BCUT2D eigenvalue weighted by Gasteiger charge is -2.11. The van der Waals surface area contributed by atoms with E-state index in [-0.39, 0.29) is 5.38 Å². The molecule has 19 heavy (non-hydrogen) atoms. The van der Waals surface area contributed by atoms with Gasteiger partial charge < -0.3 is 4.74 Å². The maximum Gasteiger partial charge on any atom is 0.118 e. The smallest absolute Gasteiger partial charge is 0.118 e. The zero-order chi connectivity index (χ0) is 13.7. The summed E-state index contributed by atoms with van der Waals surface area (Å²) >= 11 is 8.21. The maximum atomic E-state index is 6.47. The fraction of sp³-hybridized carbons (Fsp3) is 0.250. The van der Waals surface area contributed by atoms with Crippen LogP contribution < -0.4 is 4.74 Å². The minimum absolute atomic E-state index is 0.00398. The molecule has 0 saturated heterocycles. The van der Waals surface area contributed by atoms with E-state index in [0.29, 0.717) is 0 Å². The predicted octanol–water partition coefficient (Wildman–Crippen LogP) is 4.94. The first-order chi connectivity index (χ1) is 9.22. The van der Waals surface area contributed by atoms with Gasteiger partial charge in [0.05, 0.1) is 12.5 Å². The number of hydrogen-bond donors (Lipinski definition) is 0. The van der Waals surface area contributed by atoms with Crippen molar-refractivity contribution in [2.45, 2.75) is 16.7 Å². The first-order valence-corrected chi connectivity index (χ1v) is 7.80. The highest BCUT2D eigenvalue weighted by Crippen LogP contribution is 2.27. The minimum atomic E-state index is 0.00398. The average molecular weight is 293 g/mol. The standard InChI is InChI=1S/C16H17ClOS/c1-18-14-7-3-12(4-8-14)11-16(17)13-5-9-15(19-2)10-6-13/h3-10,16H,11H2,1-2H3. The number of hydrogen-bond acceptors (Lipinski definition) is 2. The molecule has 2 aromatic carbocycles. The molecule has 0 radical (unpaired) electrons. The first kappa shape index (κ1) is 14.3. The number of thioether (sulfide) groups is 1. The van der Waals surface area contributed by atoms with Crippen molar-refractivity contribution in [2.75, 3.05) is 13.4 Å². The van der Waals surface area contributed by atoms with Gasteiger partial charge in [-0.1, -0.05) is 24.3 Å². The van der Waals surface area contributed by atoms with Crippen LogP contribution in [-0.4, -0.2) is 13.4 Å². The van der Waals surface area contributed by atoms with E-state index in [4.69, 9.17) is 16.3 Å². The van der Waals surface area contributed by atoms with Gasteiger partial charge in [-0.2, -0.15) is 0 Å². The van der Waals surface area contributed by atoms with Crippen LogP contribution >= 0.6 is 23.4 Å². The Bertz CT molecular complexity index is 507. The number of benzene rings is 2. The number of rotatable bonds is 5. The molecule has 0 bridgehead atoms. The van der Waals surface area contributed by atoms with Gasteiger partial charge in [0.1, 0.15) is 5.75 Å². The highest BCUT2D eigenvalue weighted by molar-refractivity contribution is 7.98. The van der Waals surface area contributed by atoms with Crippen molar-refractivity contribution in [3.05, 3.63) is 59.7 Å². The third-order valence-electron chi connectivity index (χ3n) is 3.05. The zero-order valence-electron chi connectivity index (χ0n) is 11.1. The fourth-order valence-electron chi connectivity index (χ4n) is 1.90. The zero-order valence-corrected chi connectivity index (χ0v) is 12.7. The molecule has 1 nitrogen and oxygen atoms in total. The summed E-state index contributed by atoms with van der Waals surface area (Å²) in [5.74, 6) is 0.874. The largest absolute Gasteiger partial charge is 0.497 e. The van der Waals surface area contributed by atoms with Crippen LogP contribution in [0.1, 0.15) is 16.5 Å². The van der Waals surface area contributed by atoms with E-state index in [0.717, 1.165) is 17.7 Å². The molecule has 0 aliphatic carbocycles. The van der Waals surface area contributed by atoms with Gasteiger partial charge in [0.25, 0.3) is 0 Å². The Morgan fingerprint density at radius 2 is 1.68 bits per heavy atom. The van der Waals surface area contributed by atoms with Crippen molar-refractivity contribution < 1.29 is 4.74 Å². The van der Waals surface area contributed by atoms with Crippen LogP contribution in [0.2, 0.25) is 0 Å². The predicted molar refractivity (Wildman–Crippen MR) is 83.5 cm³/mol. The Morgan fingerprint density at radius 3 is 2.21 bits per heavy atom. The molecule has 0 aliphatic rings. The molecular weight excluding hydrogens is 276 g/mol. The third kappa shape index (κ3) is 3.92. The summed E-state index contributed by atoms with van der Waals surface area (Å²) < 4.78 is 5.15. The summed E-state index contributed by atoms with van der Waals surface area (Å²) in [6, 6.07) is 16.5. The summed E-state index contributed by atoms with van der Waals surface area (Å²) in [7, 11) is 1.67. The van der Waals surface area contributed by atoms with Crippen LogP contribution in [0.15, 0.2) is 53.4 Å². The molecule has 0 aromatic heterocycles. The monoisotopic (exact) mass is 292 g/mol. The van der Waals surface area contributed by atoms with Gasteiger partial charge in [-0.05, 0) is 48.1 Å². The van der Waals surface area contributed by atoms with Crippen LogP contribution in [0.5, 0.6) is 5.75 Å². The quantitative estimate of drug-likeness (QED) is 0.570. The summed E-state index contributed by atoms with van der Waals surface area (Å²) in [5, 5.41) is 0.00398. The molecule has 0 heterocycles. The van der Waals surface area contributed by atoms with Crippen LogP contribution in [0.25, 0.3) is 0 Å². The molecule has 0 N–H and O–H groups in total. The minimum Gasteiger partial charge on any atom is -0.497 e. The molecule has 2 rings (SSSR count). The summed E-state index contributed by atoms with van der Waals surface area (Å²) in [6.07, 6.45) is 2.90. The third-order valence-corrected chi connectivity index (χ3v) is 4.20. The van der Waals surface area contributed by atoms with Crippen molar-refractivity contribution in [3.8, 4) is 5.75 Å². The second-order valence-electron chi connectivity index (χ2n) is 4.29. The Hall–Kier alpha value is -1.12. The lowest BCUT2D eigenvalue weighted by molar-refractivity contribution is 0.414. The van der Waals surface area contributed by atoms with E-state index in [1.54, 1.807) is 18.9 Å². The summed E-state index contributed by atoms with van der Waals surface area (Å²) in [6.45, 7) is 0. The molecule has 100 valence electrons. The normalized spacial score (nSPS) is 12.2. The van der Waals surface area contributed by atoms with Gasteiger partial charge in [0.15, 0.2) is 0 Å². The molecule has 0 amide bonds. The van der Waals surface area contributed by atoms with Gasteiger partial charge in [-0.3, -0.25) is 0 Å². The number of halogens is 1. The second kappa shape index (κ2) is 6.88. The Morgan fingerprint density at radius 1 is 1.05 bits per heavy atom. The maximum absolute atomic E-state index is 6.47. The van der Waals surface area contributed by atoms with Gasteiger partial charge in [-0.25, -0.2) is 0 Å². The molecule has 0 aliphatic heterocycles. The van der Waals surface area contributed by atoms with Crippen LogP contribution in [0.3, 0.4) is 0 Å². The summed E-state index contributed by atoms with van der Waals surface area (Å²) in [5.41, 5.74) is 2.38. The van der Waals surface area contributed by atoms with Gasteiger partial charge >= 0.3 is 0 Å². The molecule has 2 aromatic rings. The molecule has 1 atom stereocenters. The Balaban J connectivity index is 2.04. The number of methoxy groups -OCH3 is 1. The van der Waals surface area contributed by atoms with Crippen molar-refractivity contribution >= 4 is 23.4 Å². The van der Waals surface area contributed by atoms with E-state index < -0.39 is 0 Å². The molecule has 1 unspecified atom stereocenters. The SMILES string of the molecule is COc1ccc(CC(Cl)c2ccc(SC)cc2)cc1. The van der Waals surface area contributed by atoms with Crippen molar-refractivity contribution in [3.63, 3.8) is 0 Å². The van der Waals surface area contributed by atoms with E-state index >= 15 is 0 Å². The first-order valence-electron chi connectivity index (χ1n) is 6.14. The topological polar surface area (TPSA) is 9.23 Å². The van der Waals surface area contributed by atoms with Gasteiger partial charge in [0, 0.05) is 4.90 Å². The number of alkyl halides is 1. The lowest BCUT2D eigenvalue weighted by Crippen LogP contribution is -1.96.